The maximum Gasteiger partial charge on any atom is 0.324 e. The van der Waals surface area contributed by atoms with Crippen LogP contribution >= 0.6 is 0 Å². The van der Waals surface area contributed by atoms with Gasteiger partial charge in [0.25, 0.3) is 0 Å². The van der Waals surface area contributed by atoms with E-state index in [0.29, 0.717) is 12.6 Å². The third-order valence-corrected chi connectivity index (χ3v) is 9.10. The first kappa shape index (κ1) is 25.8. The summed E-state index contributed by atoms with van der Waals surface area (Å²) >= 11 is 0. The molecule has 0 radical (unpaired) electrons. The van der Waals surface area contributed by atoms with E-state index in [4.69, 9.17) is 14.6 Å². The molecule has 2 N–H and O–H groups in total. The zero-order valence-electron chi connectivity index (χ0n) is 22.3. The maximum atomic E-state index is 13.2. The van der Waals surface area contributed by atoms with Gasteiger partial charge in [0.15, 0.2) is 0 Å². The maximum absolute atomic E-state index is 13.2. The summed E-state index contributed by atoms with van der Waals surface area (Å²) < 4.78 is 13.7. The molecular weight excluding hydrogens is 482 g/mol. The lowest BCUT2D eigenvalue weighted by Crippen LogP contribution is -2.39. The lowest BCUT2D eigenvalue weighted by molar-refractivity contribution is 0.0323. The Kier molecular flexibility index (Phi) is 7.83. The predicted molar refractivity (Wildman–Crippen MR) is 152 cm³/mol. The Balaban J connectivity index is 1.30. The third kappa shape index (κ3) is 6.17. The topological polar surface area (TPSA) is 80.6 Å². The minimum atomic E-state index is -1.61. The van der Waals surface area contributed by atoms with Crippen molar-refractivity contribution in [1.82, 2.24) is 14.7 Å². The molecule has 8 nitrogen and oxygen atoms in total. The molecule has 198 valence electrons. The third-order valence-electron chi connectivity index (χ3n) is 7.32. The Labute approximate surface area is 220 Å². The molecule has 2 amide bonds. The van der Waals surface area contributed by atoms with Gasteiger partial charge >= 0.3 is 6.03 Å². The molecule has 1 aliphatic carbocycles. The Bertz CT molecular complexity index is 1230. The summed E-state index contributed by atoms with van der Waals surface area (Å²) in [6, 6.07) is 14.1. The lowest BCUT2D eigenvalue weighted by Gasteiger charge is -2.26. The van der Waals surface area contributed by atoms with E-state index in [2.05, 4.69) is 45.9 Å². The van der Waals surface area contributed by atoms with Crippen LogP contribution in [0.25, 0.3) is 10.8 Å². The smallest absolute Gasteiger partial charge is 0.324 e. The Hall–Kier alpha value is -2.88. The number of carbonyl (C=O) groups excluding carboxylic acids is 1. The normalized spacial score (nSPS) is 17.3. The number of fused-ring (bicyclic) bond motifs is 1. The first-order valence-corrected chi connectivity index (χ1v) is 17.0. The van der Waals surface area contributed by atoms with Crippen molar-refractivity contribution in [3.63, 3.8) is 0 Å². The molecule has 0 atom stereocenters. The second kappa shape index (κ2) is 11.2. The van der Waals surface area contributed by atoms with Gasteiger partial charge in [-0.25, -0.2) is 9.48 Å². The van der Waals surface area contributed by atoms with Crippen LogP contribution in [-0.4, -0.2) is 68.2 Å². The Morgan fingerprint density at radius 3 is 2.51 bits per heavy atom. The van der Waals surface area contributed by atoms with E-state index in [0.717, 1.165) is 79.0 Å². The van der Waals surface area contributed by atoms with Gasteiger partial charge in [0.2, 0.25) is 0 Å². The fourth-order valence-corrected chi connectivity index (χ4v) is 6.14. The van der Waals surface area contributed by atoms with Crippen molar-refractivity contribution in [1.29, 1.82) is 0 Å². The van der Waals surface area contributed by atoms with E-state index in [1.54, 1.807) is 0 Å². The van der Waals surface area contributed by atoms with Gasteiger partial charge in [-0.2, -0.15) is 5.10 Å². The van der Waals surface area contributed by atoms with Crippen LogP contribution in [0.1, 0.15) is 31.7 Å². The number of nitrogens with zero attached hydrogens (tertiary/aromatic N) is 3. The molecule has 2 aliphatic rings. The summed E-state index contributed by atoms with van der Waals surface area (Å²) in [5, 5.41) is 14.2. The molecule has 0 spiro atoms. The molecule has 2 fully saturated rings. The molecule has 1 saturated carbocycles. The van der Waals surface area contributed by atoms with Crippen molar-refractivity contribution in [3.05, 3.63) is 42.5 Å². The molecule has 2 heterocycles. The molecule has 1 aromatic heterocycles. The zero-order valence-corrected chi connectivity index (χ0v) is 23.3. The highest BCUT2D eigenvalue weighted by Crippen LogP contribution is 2.33. The summed E-state index contributed by atoms with van der Waals surface area (Å²) in [5.74, 6) is 1.61. The van der Waals surface area contributed by atoms with Crippen LogP contribution in [0.3, 0.4) is 0 Å². The van der Waals surface area contributed by atoms with Gasteiger partial charge in [0, 0.05) is 35.7 Å². The van der Waals surface area contributed by atoms with Crippen molar-refractivity contribution < 1.29 is 14.3 Å². The molecule has 3 aromatic rings. The van der Waals surface area contributed by atoms with E-state index >= 15 is 0 Å². The van der Waals surface area contributed by atoms with Gasteiger partial charge in [0.1, 0.15) is 26.2 Å². The first-order valence-electron chi connectivity index (χ1n) is 13.5. The first-order chi connectivity index (χ1) is 17.9. The molecule has 37 heavy (non-hydrogen) atoms. The van der Waals surface area contributed by atoms with Crippen LogP contribution in [0.2, 0.25) is 19.6 Å². The van der Waals surface area contributed by atoms with Crippen LogP contribution in [0.4, 0.5) is 16.3 Å². The van der Waals surface area contributed by atoms with Gasteiger partial charge < -0.3 is 14.8 Å². The molecule has 2 aromatic carbocycles. The number of rotatable bonds is 8. The van der Waals surface area contributed by atoms with Gasteiger partial charge in [-0.15, -0.1) is 0 Å². The number of amides is 2. The second-order valence-electron chi connectivity index (χ2n) is 11.1. The minimum absolute atomic E-state index is 0.257. The summed E-state index contributed by atoms with van der Waals surface area (Å²) in [6.45, 7) is 11.8. The van der Waals surface area contributed by atoms with Crippen molar-refractivity contribution in [2.45, 2.75) is 51.4 Å². The lowest BCUT2D eigenvalue weighted by atomic mass is 10.1. The highest BCUT2D eigenvalue weighted by atomic mass is 28.3. The minimum Gasteiger partial charge on any atom is -0.492 e. The summed E-state index contributed by atoms with van der Waals surface area (Å²) in [7, 11) is -1.61. The molecular formula is C28H39N5O3Si. The number of aromatic nitrogens is 2. The summed E-state index contributed by atoms with van der Waals surface area (Å²) in [6.07, 6.45) is 4.65. The van der Waals surface area contributed by atoms with Crippen molar-refractivity contribution in [2.24, 2.45) is 0 Å². The van der Waals surface area contributed by atoms with Crippen LogP contribution < -0.4 is 20.7 Å². The van der Waals surface area contributed by atoms with Crippen molar-refractivity contribution in [2.75, 3.05) is 50.1 Å². The Morgan fingerprint density at radius 2 is 1.78 bits per heavy atom. The van der Waals surface area contributed by atoms with Gasteiger partial charge in [0.05, 0.1) is 24.9 Å². The Morgan fingerprint density at radius 1 is 1.05 bits per heavy atom. The van der Waals surface area contributed by atoms with E-state index in [1.807, 2.05) is 36.4 Å². The number of morpholine rings is 1. The molecule has 0 unspecified atom stereocenters. The predicted octanol–water partition coefficient (Wildman–Crippen LogP) is 5.05. The van der Waals surface area contributed by atoms with E-state index in [1.165, 1.54) is 12.8 Å². The largest absolute Gasteiger partial charge is 0.492 e. The summed E-state index contributed by atoms with van der Waals surface area (Å²) in [4.78, 5) is 15.5. The fraction of sp³-hybridized carbons (Fsp3) is 0.500. The van der Waals surface area contributed by atoms with Crippen molar-refractivity contribution >= 4 is 41.7 Å². The number of nitrogens with one attached hydrogen (secondary N) is 2. The molecule has 1 saturated heterocycles. The van der Waals surface area contributed by atoms with Gasteiger partial charge in [-0.1, -0.05) is 56.7 Å². The van der Waals surface area contributed by atoms with Crippen LogP contribution in [0.5, 0.6) is 5.75 Å². The number of carbonyl (C=O) groups is 1. The SMILES string of the molecule is C[Si](C)(C)c1cc(NC(=O)Nc2ccc(OCCN3CCOCC3)c3ccccc23)n(C2CCCC2)n1. The fourth-order valence-electron chi connectivity index (χ4n) is 5.17. The van der Waals surface area contributed by atoms with Crippen molar-refractivity contribution in [3.8, 4) is 5.75 Å². The molecule has 9 heteroatoms. The average Bonchev–Trinajstić information content (AvgIpc) is 3.56. The highest BCUT2D eigenvalue weighted by Gasteiger charge is 2.27. The number of urea groups is 1. The van der Waals surface area contributed by atoms with E-state index in [-0.39, 0.29) is 6.03 Å². The standard InChI is InChI=1S/C28H39N5O3Si/c1-37(2,3)27-20-26(33(31-27)21-8-4-5-9-21)30-28(34)29-24-12-13-25(23-11-7-6-10-22(23)24)36-19-16-32-14-17-35-18-15-32/h6-7,10-13,20-21H,4-5,8-9,14-19H2,1-3H3,(H2,29,30,34). The zero-order chi connectivity index (χ0) is 25.8. The molecule has 1 aliphatic heterocycles. The quantitative estimate of drug-likeness (QED) is 0.406. The van der Waals surface area contributed by atoms with Crippen LogP contribution in [0.15, 0.2) is 42.5 Å². The highest BCUT2D eigenvalue weighted by molar-refractivity contribution is 6.88. The molecule has 0 bridgehead atoms. The van der Waals surface area contributed by atoms with E-state index < -0.39 is 8.07 Å². The van der Waals surface area contributed by atoms with E-state index in [9.17, 15) is 4.79 Å². The number of benzene rings is 2. The van der Waals surface area contributed by atoms with Gasteiger partial charge in [-0.3, -0.25) is 10.2 Å². The average molecular weight is 522 g/mol. The number of ether oxygens (including phenoxy) is 2. The monoisotopic (exact) mass is 521 g/mol. The van der Waals surface area contributed by atoms with Crippen LogP contribution in [-0.2, 0) is 4.74 Å². The molecule has 5 rings (SSSR count). The van der Waals surface area contributed by atoms with Crippen LogP contribution in [0, 0.1) is 0 Å². The number of anilines is 2. The second-order valence-corrected chi connectivity index (χ2v) is 16.1. The summed E-state index contributed by atoms with van der Waals surface area (Å²) in [5.41, 5.74) is 0.756. The number of hydrogen-bond donors (Lipinski definition) is 2. The van der Waals surface area contributed by atoms with Gasteiger partial charge in [-0.05, 0) is 31.0 Å². The number of hydrogen-bond acceptors (Lipinski definition) is 5.